The second-order valence-electron chi connectivity index (χ2n) is 4.74. The molecule has 0 saturated heterocycles. The average molecular weight is 317 g/mol. The van der Waals surface area contributed by atoms with E-state index in [-0.39, 0.29) is 18.1 Å². The Kier molecular flexibility index (Phi) is 5.30. The predicted molar refractivity (Wildman–Crippen MR) is 83.5 cm³/mol. The summed E-state index contributed by atoms with van der Waals surface area (Å²) < 4.78 is 23.9. The van der Waals surface area contributed by atoms with Gasteiger partial charge in [-0.25, -0.2) is 4.39 Å². The zero-order valence-corrected chi connectivity index (χ0v) is 12.8. The highest BCUT2D eigenvalue weighted by Crippen LogP contribution is 2.28. The van der Waals surface area contributed by atoms with Gasteiger partial charge in [0.15, 0.2) is 23.9 Å². The Morgan fingerprint density at radius 1 is 1.13 bits per heavy atom. The Balaban J connectivity index is 2.01. The zero-order valence-electron chi connectivity index (χ0n) is 12.8. The van der Waals surface area contributed by atoms with Crippen molar-refractivity contribution >= 4 is 17.4 Å². The fraction of sp³-hybridized carbons (Fsp3) is 0.176. The number of anilines is 1. The van der Waals surface area contributed by atoms with Gasteiger partial charge in [0.2, 0.25) is 0 Å². The number of Topliss-reactive ketones (excluding diaryl/α,β-unsaturated/α-hetero) is 1. The molecule has 0 aliphatic carbocycles. The molecule has 5 nitrogen and oxygen atoms in total. The van der Waals surface area contributed by atoms with Crippen LogP contribution in [-0.4, -0.2) is 25.4 Å². The van der Waals surface area contributed by atoms with E-state index in [4.69, 9.17) is 9.47 Å². The Bertz CT molecular complexity index is 730. The molecule has 0 saturated carbocycles. The number of ketones is 1. The summed E-state index contributed by atoms with van der Waals surface area (Å²) in [6.07, 6.45) is 0. The number of halogens is 1. The quantitative estimate of drug-likeness (QED) is 0.832. The highest BCUT2D eigenvalue weighted by molar-refractivity contribution is 5.95. The van der Waals surface area contributed by atoms with Crippen molar-refractivity contribution < 1.29 is 23.5 Å². The summed E-state index contributed by atoms with van der Waals surface area (Å²) in [5, 5.41) is 2.41. The van der Waals surface area contributed by atoms with Crippen LogP contribution in [0.2, 0.25) is 0 Å². The van der Waals surface area contributed by atoms with E-state index in [1.165, 1.54) is 38.3 Å². The Morgan fingerprint density at radius 2 is 1.87 bits per heavy atom. The van der Waals surface area contributed by atoms with Crippen LogP contribution in [0, 0.1) is 5.82 Å². The number of amides is 1. The minimum Gasteiger partial charge on any atom is -0.493 e. The van der Waals surface area contributed by atoms with Crippen molar-refractivity contribution in [3.8, 4) is 11.5 Å². The molecule has 120 valence electrons. The van der Waals surface area contributed by atoms with Gasteiger partial charge in [0, 0.05) is 5.56 Å². The molecule has 0 heterocycles. The summed E-state index contributed by atoms with van der Waals surface area (Å²) >= 11 is 0. The monoisotopic (exact) mass is 317 g/mol. The highest BCUT2D eigenvalue weighted by Gasteiger charge is 2.11. The first-order valence-electron chi connectivity index (χ1n) is 6.87. The van der Waals surface area contributed by atoms with Crippen LogP contribution >= 0.6 is 0 Å². The lowest BCUT2D eigenvalue weighted by molar-refractivity contribution is -0.118. The molecule has 1 N–H and O–H groups in total. The number of carbonyl (C=O) groups is 2. The molecule has 2 aromatic carbocycles. The van der Waals surface area contributed by atoms with Gasteiger partial charge in [-0.05, 0) is 37.3 Å². The molecular formula is C17H16FNO4. The van der Waals surface area contributed by atoms with Gasteiger partial charge in [0.1, 0.15) is 5.82 Å². The van der Waals surface area contributed by atoms with E-state index >= 15 is 0 Å². The molecule has 23 heavy (non-hydrogen) atoms. The summed E-state index contributed by atoms with van der Waals surface area (Å²) in [5.74, 6) is -0.471. The molecule has 0 bridgehead atoms. The first-order chi connectivity index (χ1) is 11.0. The fourth-order valence-electron chi connectivity index (χ4n) is 1.90. The molecule has 0 aromatic heterocycles. The first-order valence-corrected chi connectivity index (χ1v) is 6.87. The minimum atomic E-state index is -0.524. The van der Waals surface area contributed by atoms with Gasteiger partial charge >= 0.3 is 0 Å². The lowest BCUT2D eigenvalue weighted by Gasteiger charge is -2.12. The highest BCUT2D eigenvalue weighted by atomic mass is 19.1. The van der Waals surface area contributed by atoms with E-state index in [1.54, 1.807) is 18.2 Å². The molecule has 0 atom stereocenters. The lowest BCUT2D eigenvalue weighted by Crippen LogP contribution is -2.21. The Morgan fingerprint density at radius 3 is 2.52 bits per heavy atom. The van der Waals surface area contributed by atoms with E-state index in [0.717, 1.165) is 0 Å². The largest absolute Gasteiger partial charge is 0.493 e. The van der Waals surface area contributed by atoms with Crippen LogP contribution in [0.25, 0.3) is 0 Å². The van der Waals surface area contributed by atoms with Crippen molar-refractivity contribution in [3.05, 3.63) is 53.8 Å². The molecule has 0 radical (unpaired) electrons. The molecule has 6 heteroatoms. The van der Waals surface area contributed by atoms with Crippen molar-refractivity contribution in [2.45, 2.75) is 6.92 Å². The van der Waals surface area contributed by atoms with Gasteiger partial charge in [-0.15, -0.1) is 0 Å². The zero-order chi connectivity index (χ0) is 16.8. The molecule has 0 fully saturated rings. The number of rotatable bonds is 6. The van der Waals surface area contributed by atoms with E-state index < -0.39 is 11.7 Å². The fourth-order valence-corrected chi connectivity index (χ4v) is 1.90. The number of benzene rings is 2. The number of methoxy groups -OCH3 is 1. The number of hydrogen-bond donors (Lipinski definition) is 1. The molecule has 2 aromatic rings. The molecule has 0 unspecified atom stereocenters. The molecule has 0 spiro atoms. The summed E-state index contributed by atoms with van der Waals surface area (Å²) in [5.41, 5.74) is 0.560. The second kappa shape index (κ2) is 7.40. The molecule has 1 amide bonds. The Hall–Kier alpha value is -2.89. The average Bonchev–Trinajstić information content (AvgIpc) is 2.54. The Labute approximate surface area is 133 Å². The van der Waals surface area contributed by atoms with Crippen LogP contribution in [0.4, 0.5) is 10.1 Å². The van der Waals surface area contributed by atoms with Gasteiger partial charge < -0.3 is 14.8 Å². The maximum Gasteiger partial charge on any atom is 0.262 e. The first kappa shape index (κ1) is 16.5. The summed E-state index contributed by atoms with van der Waals surface area (Å²) in [4.78, 5) is 23.1. The van der Waals surface area contributed by atoms with Crippen molar-refractivity contribution in [2.24, 2.45) is 0 Å². The van der Waals surface area contributed by atoms with Crippen LogP contribution in [0.15, 0.2) is 42.5 Å². The van der Waals surface area contributed by atoms with Crippen molar-refractivity contribution in [3.63, 3.8) is 0 Å². The molecule has 0 aliphatic heterocycles. The van der Waals surface area contributed by atoms with E-state index in [1.807, 2.05) is 0 Å². The van der Waals surface area contributed by atoms with Crippen LogP contribution < -0.4 is 14.8 Å². The topological polar surface area (TPSA) is 64.6 Å². The van der Waals surface area contributed by atoms with Gasteiger partial charge in [-0.3, -0.25) is 9.59 Å². The van der Waals surface area contributed by atoms with Gasteiger partial charge in [0.05, 0.1) is 12.8 Å². The number of ether oxygens (including phenoxy) is 2. The van der Waals surface area contributed by atoms with Gasteiger partial charge in [0.25, 0.3) is 5.91 Å². The third-order valence-corrected chi connectivity index (χ3v) is 3.08. The maximum absolute atomic E-state index is 13.4. The maximum atomic E-state index is 13.4. The smallest absolute Gasteiger partial charge is 0.262 e. The molecule has 0 aliphatic rings. The minimum absolute atomic E-state index is 0.0833. The number of nitrogens with one attached hydrogen (secondary N) is 1. The molecular weight excluding hydrogens is 301 g/mol. The summed E-state index contributed by atoms with van der Waals surface area (Å²) in [6, 6.07) is 10.5. The van der Waals surface area contributed by atoms with Crippen LogP contribution in [0.1, 0.15) is 17.3 Å². The SMILES string of the molecule is COc1cc(C(C)=O)ccc1OCC(=O)Nc1ccccc1F. The summed E-state index contributed by atoms with van der Waals surface area (Å²) in [6.45, 7) is 1.13. The normalized spacial score (nSPS) is 10.0. The number of hydrogen-bond acceptors (Lipinski definition) is 4. The third kappa shape index (κ3) is 4.29. The van der Waals surface area contributed by atoms with Crippen molar-refractivity contribution in [2.75, 3.05) is 19.0 Å². The number of para-hydroxylation sites is 1. The number of carbonyl (C=O) groups excluding carboxylic acids is 2. The molecule has 2 rings (SSSR count). The van der Waals surface area contributed by atoms with Crippen LogP contribution in [0.3, 0.4) is 0 Å². The van der Waals surface area contributed by atoms with Gasteiger partial charge in [-0.2, -0.15) is 0 Å². The van der Waals surface area contributed by atoms with Crippen molar-refractivity contribution in [1.82, 2.24) is 0 Å². The predicted octanol–water partition coefficient (Wildman–Crippen LogP) is 3.05. The van der Waals surface area contributed by atoms with E-state index in [2.05, 4.69) is 5.32 Å². The van der Waals surface area contributed by atoms with Gasteiger partial charge in [-0.1, -0.05) is 12.1 Å². The summed E-state index contributed by atoms with van der Waals surface area (Å²) in [7, 11) is 1.44. The van der Waals surface area contributed by atoms with Crippen LogP contribution in [0.5, 0.6) is 11.5 Å². The van der Waals surface area contributed by atoms with E-state index in [0.29, 0.717) is 17.1 Å². The third-order valence-electron chi connectivity index (χ3n) is 3.08. The standard InChI is InChI=1S/C17H16FNO4/c1-11(20)12-7-8-15(16(9-12)22-2)23-10-17(21)19-14-6-4-3-5-13(14)18/h3-9H,10H2,1-2H3,(H,19,21). The lowest BCUT2D eigenvalue weighted by atomic mass is 10.1. The van der Waals surface area contributed by atoms with E-state index in [9.17, 15) is 14.0 Å². The van der Waals surface area contributed by atoms with Crippen LogP contribution in [-0.2, 0) is 4.79 Å². The second-order valence-corrected chi connectivity index (χ2v) is 4.74. The van der Waals surface area contributed by atoms with Crippen molar-refractivity contribution in [1.29, 1.82) is 0 Å².